The molecule has 48 valence electrons. The average molecular weight is 248 g/mol. The fourth-order valence-corrected chi connectivity index (χ4v) is 2.62. The summed E-state index contributed by atoms with van der Waals surface area (Å²) < 4.78 is 0. The molecule has 1 aromatic rings. The van der Waals surface area contributed by atoms with E-state index in [4.69, 9.17) is 0 Å². The number of aryl methyl sites for hydroxylation is 1. The first-order valence-corrected chi connectivity index (χ1v) is 8.76. The van der Waals surface area contributed by atoms with Crippen molar-refractivity contribution in [2.24, 2.45) is 0 Å². The van der Waals surface area contributed by atoms with Gasteiger partial charge in [-0.15, -0.1) is 21.8 Å². The molecular weight excluding hydrogens is 239 g/mol. The van der Waals surface area contributed by atoms with E-state index in [1.807, 2.05) is 0 Å². The highest BCUT2D eigenvalue weighted by atomic mass is 127. The molecule has 0 heterocycles. The zero-order valence-corrected chi connectivity index (χ0v) is 8.97. The van der Waals surface area contributed by atoms with Gasteiger partial charge in [0.2, 0.25) is 0 Å². The van der Waals surface area contributed by atoms with Gasteiger partial charge in [-0.2, -0.15) is 0 Å². The summed E-state index contributed by atoms with van der Waals surface area (Å²) in [5.41, 5.74) is 1.36. The molecule has 0 unspecified atom stereocenters. The number of halogens is 1. The summed E-state index contributed by atoms with van der Waals surface area (Å²) in [6.07, 6.45) is 0. The van der Waals surface area contributed by atoms with Crippen molar-refractivity contribution in [3.63, 3.8) is 0 Å². The standard InChI is InChI=1S/C7H9ISi/c1-6-2-4-7(9-8)5-3-6/h2-5H,9H2,1H3. The van der Waals surface area contributed by atoms with Gasteiger partial charge in [-0.25, -0.2) is 0 Å². The summed E-state index contributed by atoms with van der Waals surface area (Å²) in [5, 5.41) is 1.54. The molecule has 0 N–H and O–H groups in total. The molecule has 0 fully saturated rings. The molecule has 9 heavy (non-hydrogen) atoms. The van der Waals surface area contributed by atoms with E-state index in [0.717, 1.165) is 0 Å². The Labute approximate surface area is 70.7 Å². The molecule has 0 saturated carbocycles. The van der Waals surface area contributed by atoms with E-state index in [9.17, 15) is 0 Å². The summed E-state index contributed by atoms with van der Waals surface area (Å²) in [5.74, 6) is 0. The number of hydrogen-bond acceptors (Lipinski definition) is 0. The molecule has 1 aromatic carbocycles. The van der Waals surface area contributed by atoms with E-state index in [0.29, 0.717) is 0 Å². The van der Waals surface area contributed by atoms with Gasteiger partial charge in [-0.05, 0) is 6.92 Å². The first-order valence-electron chi connectivity index (χ1n) is 2.94. The monoisotopic (exact) mass is 248 g/mol. The van der Waals surface area contributed by atoms with Crippen LogP contribution in [0.1, 0.15) is 5.56 Å². The Morgan fingerprint density at radius 3 is 2.22 bits per heavy atom. The molecule has 0 aliphatic rings. The van der Waals surface area contributed by atoms with Crippen LogP contribution in [-0.4, -0.2) is 7.02 Å². The van der Waals surface area contributed by atoms with Gasteiger partial charge in [-0.3, -0.25) is 0 Å². The van der Waals surface area contributed by atoms with Gasteiger partial charge in [0.15, 0.2) is 0 Å². The van der Waals surface area contributed by atoms with E-state index >= 15 is 0 Å². The molecule has 0 aliphatic carbocycles. The predicted molar refractivity (Wildman–Crippen MR) is 53.4 cm³/mol. The van der Waals surface area contributed by atoms with Gasteiger partial charge in [-0.1, -0.05) is 35.0 Å². The van der Waals surface area contributed by atoms with Crippen molar-refractivity contribution in [2.45, 2.75) is 6.92 Å². The van der Waals surface area contributed by atoms with Crippen molar-refractivity contribution in [1.82, 2.24) is 0 Å². The van der Waals surface area contributed by atoms with Crippen molar-refractivity contribution in [3.8, 4) is 0 Å². The van der Waals surface area contributed by atoms with Crippen LogP contribution in [-0.2, 0) is 0 Å². The Morgan fingerprint density at radius 2 is 1.78 bits per heavy atom. The summed E-state index contributed by atoms with van der Waals surface area (Å²) in [6, 6.07) is 8.82. The van der Waals surface area contributed by atoms with E-state index in [-0.39, 0.29) is 7.02 Å². The fourth-order valence-electron chi connectivity index (χ4n) is 0.677. The summed E-state index contributed by atoms with van der Waals surface area (Å²) in [4.78, 5) is 0. The minimum Gasteiger partial charge on any atom is -0.122 e. The third kappa shape index (κ3) is 2.10. The lowest BCUT2D eigenvalue weighted by molar-refractivity contribution is 1.49. The van der Waals surface area contributed by atoms with Crippen LogP contribution in [0.25, 0.3) is 0 Å². The van der Waals surface area contributed by atoms with Crippen LogP contribution >= 0.6 is 21.8 Å². The number of rotatable bonds is 1. The predicted octanol–water partition coefficient (Wildman–Crippen LogP) is 1.14. The minimum absolute atomic E-state index is 0.0453. The first kappa shape index (κ1) is 7.28. The Balaban J connectivity index is 2.88. The average Bonchev–Trinajstić information content (AvgIpc) is 1.90. The van der Waals surface area contributed by atoms with Crippen molar-refractivity contribution in [2.75, 3.05) is 0 Å². The molecule has 1 rings (SSSR count). The third-order valence-corrected chi connectivity index (χ3v) is 4.70. The van der Waals surface area contributed by atoms with Crippen LogP contribution in [0, 0.1) is 6.92 Å². The van der Waals surface area contributed by atoms with E-state index in [2.05, 4.69) is 53.0 Å². The Morgan fingerprint density at radius 1 is 1.22 bits per heavy atom. The third-order valence-electron chi connectivity index (χ3n) is 1.27. The van der Waals surface area contributed by atoms with E-state index < -0.39 is 0 Å². The molecule has 0 aliphatic heterocycles. The molecule has 0 saturated heterocycles. The van der Waals surface area contributed by atoms with Crippen molar-refractivity contribution in [1.29, 1.82) is 0 Å². The second-order valence-corrected chi connectivity index (χ2v) is 5.49. The normalized spacial score (nSPS) is 10.9. The van der Waals surface area contributed by atoms with Gasteiger partial charge < -0.3 is 0 Å². The highest BCUT2D eigenvalue weighted by molar-refractivity contribution is 14.1. The Hall–Kier alpha value is 0.167. The van der Waals surface area contributed by atoms with Crippen LogP contribution in [0.15, 0.2) is 24.3 Å². The van der Waals surface area contributed by atoms with Crippen molar-refractivity contribution in [3.05, 3.63) is 29.8 Å². The van der Waals surface area contributed by atoms with E-state index in [1.54, 1.807) is 5.19 Å². The molecule has 0 spiro atoms. The zero-order chi connectivity index (χ0) is 6.69. The van der Waals surface area contributed by atoms with Crippen molar-refractivity contribution >= 4 is 34.0 Å². The Kier molecular flexibility index (Phi) is 2.72. The Bertz CT molecular complexity index is 181. The second kappa shape index (κ2) is 3.36. The van der Waals surface area contributed by atoms with Crippen molar-refractivity contribution < 1.29 is 0 Å². The quantitative estimate of drug-likeness (QED) is 0.397. The molecule has 0 atom stereocenters. The summed E-state index contributed by atoms with van der Waals surface area (Å²) in [6.45, 7) is 2.12. The molecule has 0 nitrogen and oxygen atoms in total. The van der Waals surface area contributed by atoms with Crippen LogP contribution < -0.4 is 5.19 Å². The summed E-state index contributed by atoms with van der Waals surface area (Å²) in [7, 11) is 0.0453. The van der Waals surface area contributed by atoms with Gasteiger partial charge >= 0.3 is 0 Å². The number of benzene rings is 1. The van der Waals surface area contributed by atoms with Crippen LogP contribution in [0.2, 0.25) is 0 Å². The van der Waals surface area contributed by atoms with Gasteiger partial charge in [0.05, 0.1) is 0 Å². The summed E-state index contributed by atoms with van der Waals surface area (Å²) >= 11 is 2.50. The van der Waals surface area contributed by atoms with Crippen LogP contribution in [0.3, 0.4) is 0 Å². The smallest absolute Gasteiger partial charge is 0.122 e. The molecule has 0 bridgehead atoms. The number of hydrogen-bond donors (Lipinski definition) is 0. The molecule has 0 radical (unpaired) electrons. The molecule has 0 amide bonds. The first-order chi connectivity index (χ1) is 4.33. The van der Waals surface area contributed by atoms with Crippen LogP contribution in [0.5, 0.6) is 0 Å². The van der Waals surface area contributed by atoms with Gasteiger partial charge in [0.25, 0.3) is 0 Å². The lowest BCUT2D eigenvalue weighted by Crippen LogP contribution is -2.05. The lowest BCUT2D eigenvalue weighted by Gasteiger charge is -1.93. The van der Waals surface area contributed by atoms with E-state index in [1.165, 1.54) is 5.56 Å². The highest BCUT2D eigenvalue weighted by Crippen LogP contribution is 1.92. The minimum atomic E-state index is 0.0453. The highest BCUT2D eigenvalue weighted by Gasteiger charge is 1.86. The second-order valence-electron chi connectivity index (χ2n) is 2.12. The van der Waals surface area contributed by atoms with Gasteiger partial charge in [0.1, 0.15) is 7.02 Å². The maximum Gasteiger partial charge on any atom is 0.125 e. The van der Waals surface area contributed by atoms with Crippen LogP contribution in [0.4, 0.5) is 0 Å². The molecule has 2 heteroatoms. The maximum atomic E-state index is 2.50. The molecular formula is C7H9ISi. The zero-order valence-electron chi connectivity index (χ0n) is 5.39. The SMILES string of the molecule is Cc1ccc([SiH2]I)cc1. The fraction of sp³-hybridized carbons (Fsp3) is 0.143. The topological polar surface area (TPSA) is 0 Å². The lowest BCUT2D eigenvalue weighted by atomic mass is 10.2. The largest absolute Gasteiger partial charge is 0.125 e. The molecule has 0 aromatic heterocycles. The maximum absolute atomic E-state index is 2.50. The van der Waals surface area contributed by atoms with Gasteiger partial charge in [0, 0.05) is 0 Å².